The first-order valence-electron chi connectivity index (χ1n) is 9.11. The zero-order valence-electron chi connectivity index (χ0n) is 16.1. The molecule has 3 heterocycles. The summed E-state index contributed by atoms with van der Waals surface area (Å²) in [7, 11) is 3.75. The lowest BCUT2D eigenvalue weighted by Crippen LogP contribution is -2.07. The molecule has 4 aromatic rings. The molecule has 7 nitrogen and oxygen atoms in total. The van der Waals surface area contributed by atoms with Crippen molar-refractivity contribution in [3.05, 3.63) is 79.0 Å². The average Bonchev–Trinajstić information content (AvgIpc) is 3.35. The largest absolute Gasteiger partial charge is 0.322 e. The molecule has 29 heavy (non-hydrogen) atoms. The van der Waals surface area contributed by atoms with Crippen molar-refractivity contribution in [3.63, 3.8) is 0 Å². The number of hydrogen-bond donors (Lipinski definition) is 1. The van der Waals surface area contributed by atoms with Crippen LogP contribution in [0.25, 0.3) is 28.5 Å². The van der Waals surface area contributed by atoms with Gasteiger partial charge in [-0.2, -0.15) is 10.2 Å². The smallest absolute Gasteiger partial charge is 0.248 e. The summed E-state index contributed by atoms with van der Waals surface area (Å²) < 4.78 is 3.54. The molecule has 0 saturated carbocycles. The Balaban J connectivity index is 1.51. The van der Waals surface area contributed by atoms with E-state index in [-0.39, 0.29) is 5.91 Å². The van der Waals surface area contributed by atoms with E-state index in [1.165, 1.54) is 6.08 Å². The normalized spacial score (nSPS) is 11.1. The fourth-order valence-electron chi connectivity index (χ4n) is 3.13. The molecule has 0 radical (unpaired) electrons. The van der Waals surface area contributed by atoms with Gasteiger partial charge in [0.25, 0.3) is 0 Å². The Hall–Kier alpha value is -4.00. The van der Waals surface area contributed by atoms with E-state index in [9.17, 15) is 4.79 Å². The molecular weight excluding hydrogens is 364 g/mol. The number of anilines is 1. The summed E-state index contributed by atoms with van der Waals surface area (Å²) in [6.07, 6.45) is 12.2. The zero-order valence-corrected chi connectivity index (χ0v) is 16.1. The minimum absolute atomic E-state index is 0.215. The molecule has 0 aliphatic heterocycles. The van der Waals surface area contributed by atoms with Gasteiger partial charge in [-0.15, -0.1) is 0 Å². The Morgan fingerprint density at radius 2 is 1.93 bits per heavy atom. The number of carbonyl (C=O) groups is 1. The fraction of sp³-hybridized carbons (Fsp3) is 0.0909. The van der Waals surface area contributed by atoms with Crippen molar-refractivity contribution in [2.75, 3.05) is 5.32 Å². The Morgan fingerprint density at radius 3 is 2.69 bits per heavy atom. The molecule has 7 heteroatoms. The van der Waals surface area contributed by atoms with Crippen molar-refractivity contribution in [2.24, 2.45) is 14.1 Å². The lowest BCUT2D eigenvalue weighted by molar-refractivity contribution is -0.111. The summed E-state index contributed by atoms with van der Waals surface area (Å²) in [6, 6.07) is 11.5. The monoisotopic (exact) mass is 384 g/mol. The van der Waals surface area contributed by atoms with Crippen LogP contribution in [0.2, 0.25) is 0 Å². The highest BCUT2D eigenvalue weighted by atomic mass is 16.1. The van der Waals surface area contributed by atoms with E-state index in [0.29, 0.717) is 0 Å². The molecule has 1 aromatic carbocycles. The minimum Gasteiger partial charge on any atom is -0.322 e. The summed E-state index contributed by atoms with van der Waals surface area (Å²) in [5, 5.41) is 11.3. The zero-order chi connectivity index (χ0) is 20.2. The van der Waals surface area contributed by atoms with Gasteiger partial charge in [-0.3, -0.25) is 19.1 Å². The second kappa shape index (κ2) is 7.93. The van der Waals surface area contributed by atoms with Crippen LogP contribution >= 0.6 is 0 Å². The quantitative estimate of drug-likeness (QED) is 0.534. The van der Waals surface area contributed by atoms with Gasteiger partial charge in [0.1, 0.15) is 0 Å². The van der Waals surface area contributed by atoms with Crippen molar-refractivity contribution in [3.8, 4) is 22.4 Å². The summed E-state index contributed by atoms with van der Waals surface area (Å²) in [4.78, 5) is 16.6. The Kier molecular flexibility index (Phi) is 5.03. The SMILES string of the molecule is Cn1cc(-c2ccncc2C=CC(=O)Nc2cccc(-c3ccnn3C)c2)cn1. The highest BCUT2D eigenvalue weighted by molar-refractivity contribution is 6.02. The summed E-state index contributed by atoms with van der Waals surface area (Å²) in [5.41, 5.74) is 5.47. The molecule has 0 aliphatic rings. The van der Waals surface area contributed by atoms with E-state index in [0.717, 1.165) is 33.6 Å². The van der Waals surface area contributed by atoms with E-state index in [4.69, 9.17) is 0 Å². The molecule has 1 N–H and O–H groups in total. The van der Waals surface area contributed by atoms with E-state index in [1.54, 1.807) is 40.2 Å². The molecule has 3 aromatic heterocycles. The van der Waals surface area contributed by atoms with Crippen molar-refractivity contribution in [1.82, 2.24) is 24.5 Å². The van der Waals surface area contributed by atoms with Gasteiger partial charge < -0.3 is 5.32 Å². The minimum atomic E-state index is -0.215. The second-order valence-electron chi connectivity index (χ2n) is 6.61. The summed E-state index contributed by atoms with van der Waals surface area (Å²) in [5.74, 6) is -0.215. The molecule has 0 unspecified atom stereocenters. The third-order valence-corrected chi connectivity index (χ3v) is 4.53. The molecule has 0 fully saturated rings. The number of pyridine rings is 1. The molecule has 0 aliphatic carbocycles. The Bertz CT molecular complexity index is 1190. The van der Waals surface area contributed by atoms with E-state index in [2.05, 4.69) is 20.5 Å². The van der Waals surface area contributed by atoms with Gasteiger partial charge >= 0.3 is 0 Å². The number of hydrogen-bond acceptors (Lipinski definition) is 4. The van der Waals surface area contributed by atoms with Gasteiger partial charge in [-0.25, -0.2) is 0 Å². The van der Waals surface area contributed by atoms with E-state index in [1.807, 2.05) is 56.7 Å². The number of nitrogens with zero attached hydrogens (tertiary/aromatic N) is 5. The molecule has 0 bridgehead atoms. The number of benzene rings is 1. The molecule has 0 atom stereocenters. The van der Waals surface area contributed by atoms with Crippen molar-refractivity contribution in [1.29, 1.82) is 0 Å². The lowest BCUT2D eigenvalue weighted by atomic mass is 10.0. The number of rotatable bonds is 5. The third-order valence-electron chi connectivity index (χ3n) is 4.53. The fourth-order valence-corrected chi connectivity index (χ4v) is 3.13. The van der Waals surface area contributed by atoms with Crippen LogP contribution in [-0.4, -0.2) is 30.5 Å². The van der Waals surface area contributed by atoms with Crippen LogP contribution in [0.15, 0.2) is 73.5 Å². The van der Waals surface area contributed by atoms with E-state index < -0.39 is 0 Å². The second-order valence-corrected chi connectivity index (χ2v) is 6.61. The van der Waals surface area contributed by atoms with Crippen LogP contribution in [0.4, 0.5) is 5.69 Å². The van der Waals surface area contributed by atoms with Crippen LogP contribution in [0.3, 0.4) is 0 Å². The van der Waals surface area contributed by atoms with Gasteiger partial charge in [0.05, 0.1) is 11.9 Å². The first kappa shape index (κ1) is 18.4. The van der Waals surface area contributed by atoms with Crippen LogP contribution in [0.5, 0.6) is 0 Å². The highest BCUT2D eigenvalue weighted by Crippen LogP contribution is 2.24. The van der Waals surface area contributed by atoms with Crippen molar-refractivity contribution in [2.45, 2.75) is 0 Å². The number of nitrogens with one attached hydrogen (secondary N) is 1. The maximum Gasteiger partial charge on any atom is 0.248 e. The number of aryl methyl sites for hydroxylation is 2. The van der Waals surface area contributed by atoms with Crippen LogP contribution in [0.1, 0.15) is 5.56 Å². The number of aromatic nitrogens is 5. The lowest BCUT2D eigenvalue weighted by Gasteiger charge is -2.07. The average molecular weight is 384 g/mol. The standard InChI is InChI=1S/C22H20N6O/c1-27-15-18(14-25-27)20-8-10-23-13-17(20)6-7-22(29)26-19-5-3-4-16(12-19)21-9-11-24-28(21)2/h3-15H,1-2H3,(H,26,29). The third kappa shape index (κ3) is 4.14. The van der Waals surface area contributed by atoms with Gasteiger partial charge in [0.15, 0.2) is 0 Å². The predicted molar refractivity (Wildman–Crippen MR) is 113 cm³/mol. The maximum absolute atomic E-state index is 12.5. The summed E-state index contributed by atoms with van der Waals surface area (Å²) in [6.45, 7) is 0. The molecule has 0 saturated heterocycles. The van der Waals surface area contributed by atoms with Gasteiger partial charge in [0, 0.05) is 67.3 Å². The van der Waals surface area contributed by atoms with Gasteiger partial charge in [0.2, 0.25) is 5.91 Å². The van der Waals surface area contributed by atoms with E-state index >= 15 is 0 Å². The van der Waals surface area contributed by atoms with Crippen LogP contribution < -0.4 is 5.32 Å². The number of amides is 1. The molecular formula is C22H20N6O. The first-order chi connectivity index (χ1) is 14.1. The van der Waals surface area contributed by atoms with Crippen molar-refractivity contribution < 1.29 is 4.79 Å². The topological polar surface area (TPSA) is 77.6 Å². The molecule has 144 valence electrons. The Morgan fingerprint density at radius 1 is 1.03 bits per heavy atom. The van der Waals surface area contributed by atoms with Crippen LogP contribution in [0, 0.1) is 0 Å². The number of carbonyl (C=O) groups excluding carboxylic acids is 1. The summed E-state index contributed by atoms with van der Waals surface area (Å²) >= 11 is 0. The van der Waals surface area contributed by atoms with Crippen LogP contribution in [-0.2, 0) is 18.9 Å². The maximum atomic E-state index is 12.5. The predicted octanol–water partition coefficient (Wildman–Crippen LogP) is 3.53. The molecule has 1 amide bonds. The first-order valence-corrected chi connectivity index (χ1v) is 9.11. The highest BCUT2D eigenvalue weighted by Gasteiger charge is 2.07. The molecule has 0 spiro atoms. The van der Waals surface area contributed by atoms with Gasteiger partial charge in [-0.1, -0.05) is 12.1 Å². The van der Waals surface area contributed by atoms with Crippen molar-refractivity contribution >= 4 is 17.7 Å². The van der Waals surface area contributed by atoms with Gasteiger partial charge in [-0.05, 0) is 35.9 Å². The molecule has 4 rings (SSSR count). The Labute approximate surface area is 168 Å².